The number of hydrogen-bond donors (Lipinski definition) is 1. The number of nitrogens with zero attached hydrogens (tertiary/aromatic N) is 2. The molecule has 0 aliphatic carbocycles. The highest BCUT2D eigenvalue weighted by molar-refractivity contribution is 6.31. The van der Waals surface area contributed by atoms with Crippen molar-refractivity contribution in [3.63, 3.8) is 0 Å². The number of rotatable bonds is 4. The Morgan fingerprint density at radius 2 is 2.04 bits per heavy atom. The van der Waals surface area contributed by atoms with E-state index in [1.807, 2.05) is 37.3 Å². The van der Waals surface area contributed by atoms with Crippen molar-refractivity contribution in [3.8, 4) is 11.1 Å². The van der Waals surface area contributed by atoms with Gasteiger partial charge in [0.05, 0.1) is 24.9 Å². The van der Waals surface area contributed by atoms with Crippen molar-refractivity contribution in [2.45, 2.75) is 19.4 Å². The van der Waals surface area contributed by atoms with Crippen LogP contribution in [0.4, 0.5) is 0 Å². The largest absolute Gasteiger partial charge is 0.399 e. The summed E-state index contributed by atoms with van der Waals surface area (Å²) < 4.78 is 0. The minimum atomic E-state index is -0.272. The van der Waals surface area contributed by atoms with E-state index in [9.17, 15) is 9.90 Å². The Balaban J connectivity index is 1.83. The van der Waals surface area contributed by atoms with Gasteiger partial charge in [-0.15, -0.1) is 0 Å². The molecule has 136 valence electrons. The summed E-state index contributed by atoms with van der Waals surface area (Å²) in [6, 6.07) is 13.0. The zero-order valence-corrected chi connectivity index (χ0v) is 15.5. The number of benzene rings is 2. The number of aliphatic hydroxyl groups is 1. The third-order valence-corrected chi connectivity index (χ3v) is 5.08. The highest BCUT2D eigenvalue weighted by Gasteiger charge is 2.33. The first-order chi connectivity index (χ1) is 12.5. The van der Waals surface area contributed by atoms with Gasteiger partial charge in [-0.1, -0.05) is 41.0 Å². The molecule has 2 aromatic carbocycles. The quantitative estimate of drug-likeness (QED) is 0.835. The number of carbonyl (C=O) groups excluding carboxylic acids is 1. The highest BCUT2D eigenvalue weighted by atomic mass is 35.5. The van der Waals surface area contributed by atoms with Crippen LogP contribution >= 0.6 is 11.6 Å². The molecule has 0 saturated carbocycles. The lowest BCUT2D eigenvalue weighted by molar-refractivity contribution is 0.0680. The second-order valence-corrected chi connectivity index (χ2v) is 6.71. The van der Waals surface area contributed by atoms with E-state index in [4.69, 9.17) is 16.4 Å². The topological polar surface area (TPSA) is 62.1 Å². The molecule has 1 aliphatic rings. The Hall–Kier alpha value is -2.37. The van der Waals surface area contributed by atoms with Gasteiger partial charge in [0.25, 0.3) is 5.91 Å². The maximum Gasteiger partial charge on any atom is 0.254 e. The SMILES string of the molecule is CON=C1CC(CO)N(C(=O)c2ccc(-c3cccc(Cl)c3C)cc2)C1. The van der Waals surface area contributed by atoms with E-state index < -0.39 is 0 Å². The normalized spacial score (nSPS) is 18.4. The lowest BCUT2D eigenvalue weighted by atomic mass is 9.99. The molecular formula is C20H21ClN2O3. The van der Waals surface area contributed by atoms with Gasteiger partial charge < -0.3 is 14.8 Å². The van der Waals surface area contributed by atoms with Gasteiger partial charge >= 0.3 is 0 Å². The van der Waals surface area contributed by atoms with Gasteiger partial charge in [-0.2, -0.15) is 0 Å². The van der Waals surface area contributed by atoms with Crippen LogP contribution in [0.1, 0.15) is 22.3 Å². The van der Waals surface area contributed by atoms with E-state index in [0.29, 0.717) is 18.5 Å². The Bertz CT molecular complexity index is 833. The molecule has 1 fully saturated rings. The van der Waals surface area contributed by atoms with Crippen LogP contribution < -0.4 is 0 Å². The van der Waals surface area contributed by atoms with Crippen LogP contribution in [0.3, 0.4) is 0 Å². The third-order valence-electron chi connectivity index (χ3n) is 4.67. The first-order valence-corrected chi connectivity index (χ1v) is 8.79. The standard InChI is InChI=1S/C20H21ClN2O3/c1-13-18(4-3-5-19(13)21)14-6-8-15(9-7-14)20(25)23-11-16(22-26-2)10-17(23)12-24/h3-9,17,24H,10-12H2,1-2H3. The molecule has 2 aromatic rings. The maximum atomic E-state index is 12.8. The Kier molecular flexibility index (Phi) is 5.59. The van der Waals surface area contributed by atoms with Gasteiger partial charge in [0.1, 0.15) is 7.11 Å². The highest BCUT2D eigenvalue weighted by Crippen LogP contribution is 2.29. The summed E-state index contributed by atoms with van der Waals surface area (Å²) in [5, 5.41) is 14.2. The molecule has 0 spiro atoms. The predicted octanol–water partition coefficient (Wildman–Crippen LogP) is 3.52. The molecule has 1 heterocycles. The maximum absolute atomic E-state index is 12.8. The zero-order valence-electron chi connectivity index (χ0n) is 14.8. The first-order valence-electron chi connectivity index (χ1n) is 8.41. The van der Waals surface area contributed by atoms with Crippen molar-refractivity contribution in [3.05, 3.63) is 58.6 Å². The average Bonchev–Trinajstić information content (AvgIpc) is 3.07. The van der Waals surface area contributed by atoms with Crippen LogP contribution in [0.5, 0.6) is 0 Å². The lowest BCUT2D eigenvalue weighted by Crippen LogP contribution is -2.37. The lowest BCUT2D eigenvalue weighted by Gasteiger charge is -2.22. The average molecular weight is 373 g/mol. The van der Waals surface area contributed by atoms with Crippen LogP contribution in [0.25, 0.3) is 11.1 Å². The molecule has 0 radical (unpaired) electrons. The smallest absolute Gasteiger partial charge is 0.254 e. The fraction of sp³-hybridized carbons (Fsp3) is 0.300. The molecular weight excluding hydrogens is 352 g/mol. The molecule has 1 atom stereocenters. The zero-order chi connectivity index (χ0) is 18.7. The minimum Gasteiger partial charge on any atom is -0.399 e. The van der Waals surface area contributed by atoms with E-state index in [-0.39, 0.29) is 18.6 Å². The molecule has 1 aliphatic heterocycles. The molecule has 26 heavy (non-hydrogen) atoms. The Morgan fingerprint density at radius 1 is 1.31 bits per heavy atom. The van der Waals surface area contributed by atoms with Gasteiger partial charge in [-0.25, -0.2) is 0 Å². The molecule has 0 bridgehead atoms. The molecule has 1 N–H and O–H groups in total. The number of oxime groups is 1. The molecule has 6 heteroatoms. The van der Waals surface area contributed by atoms with E-state index in [0.717, 1.165) is 27.4 Å². The summed E-state index contributed by atoms with van der Waals surface area (Å²) in [5.74, 6) is -0.125. The van der Waals surface area contributed by atoms with Crippen LogP contribution in [-0.2, 0) is 4.84 Å². The number of halogens is 1. The number of likely N-dealkylation sites (tertiary alicyclic amines) is 1. The van der Waals surface area contributed by atoms with Crippen molar-refractivity contribution in [1.82, 2.24) is 4.90 Å². The van der Waals surface area contributed by atoms with Gasteiger partial charge in [0.2, 0.25) is 0 Å². The minimum absolute atomic E-state index is 0.103. The number of amides is 1. The first kappa shape index (κ1) is 18.4. The van der Waals surface area contributed by atoms with Gasteiger partial charge in [-0.05, 0) is 41.8 Å². The summed E-state index contributed by atoms with van der Waals surface area (Å²) in [7, 11) is 1.47. The summed E-state index contributed by atoms with van der Waals surface area (Å²) in [6.45, 7) is 2.24. The van der Waals surface area contributed by atoms with Gasteiger partial charge in [-0.3, -0.25) is 4.79 Å². The van der Waals surface area contributed by atoms with Crippen LogP contribution in [0, 0.1) is 6.92 Å². The van der Waals surface area contributed by atoms with Crippen LogP contribution in [0.2, 0.25) is 5.02 Å². The Morgan fingerprint density at radius 3 is 2.69 bits per heavy atom. The summed E-state index contributed by atoms with van der Waals surface area (Å²) in [4.78, 5) is 19.3. The fourth-order valence-electron chi connectivity index (χ4n) is 3.25. The van der Waals surface area contributed by atoms with E-state index >= 15 is 0 Å². The number of carbonyl (C=O) groups is 1. The van der Waals surface area contributed by atoms with Crippen molar-refractivity contribution >= 4 is 23.2 Å². The van der Waals surface area contributed by atoms with Crippen LogP contribution in [0.15, 0.2) is 47.6 Å². The van der Waals surface area contributed by atoms with E-state index in [1.165, 1.54) is 7.11 Å². The second-order valence-electron chi connectivity index (χ2n) is 6.30. The predicted molar refractivity (Wildman–Crippen MR) is 103 cm³/mol. The number of aliphatic hydroxyl groups excluding tert-OH is 1. The van der Waals surface area contributed by atoms with Gasteiger partial charge in [0, 0.05) is 17.0 Å². The molecule has 5 nitrogen and oxygen atoms in total. The fourth-order valence-corrected chi connectivity index (χ4v) is 3.42. The van der Waals surface area contributed by atoms with Crippen molar-refractivity contribution in [2.75, 3.05) is 20.3 Å². The number of hydrogen-bond acceptors (Lipinski definition) is 4. The Labute approximate surface area is 157 Å². The molecule has 1 saturated heterocycles. The molecule has 1 amide bonds. The van der Waals surface area contributed by atoms with Crippen molar-refractivity contribution in [1.29, 1.82) is 0 Å². The van der Waals surface area contributed by atoms with Crippen molar-refractivity contribution < 1.29 is 14.7 Å². The van der Waals surface area contributed by atoms with Crippen LogP contribution in [-0.4, -0.2) is 47.9 Å². The third kappa shape index (κ3) is 3.59. The summed E-state index contributed by atoms with van der Waals surface area (Å²) in [6.07, 6.45) is 0.524. The van der Waals surface area contributed by atoms with E-state index in [1.54, 1.807) is 17.0 Å². The molecule has 1 unspecified atom stereocenters. The second kappa shape index (κ2) is 7.89. The molecule has 3 rings (SSSR count). The summed E-state index contributed by atoms with van der Waals surface area (Å²) in [5.41, 5.74) is 4.38. The van der Waals surface area contributed by atoms with E-state index in [2.05, 4.69) is 5.16 Å². The van der Waals surface area contributed by atoms with Crippen molar-refractivity contribution in [2.24, 2.45) is 5.16 Å². The summed E-state index contributed by atoms with van der Waals surface area (Å²) >= 11 is 6.20. The monoisotopic (exact) mass is 372 g/mol. The van der Waals surface area contributed by atoms with Gasteiger partial charge in [0.15, 0.2) is 0 Å². The molecule has 0 aromatic heterocycles.